The Balaban J connectivity index is 2.53. The number of carboxylic acids is 1. The number of carbonyl (C=O) groups is 2. The maximum Gasteiger partial charge on any atom is 0.408 e. The highest BCUT2D eigenvalue weighted by atomic mass is 16.6. The van der Waals surface area contributed by atoms with E-state index in [1.54, 1.807) is 20.8 Å². The third-order valence-electron chi connectivity index (χ3n) is 2.59. The molecule has 6 nitrogen and oxygen atoms in total. The Morgan fingerprint density at radius 3 is 2.33 bits per heavy atom. The van der Waals surface area contributed by atoms with Crippen molar-refractivity contribution in [1.82, 2.24) is 5.32 Å². The SMILES string of the molecule is CC1(CC(NC(=O)OC(C)(C)C)C(=O)O)COC1. The van der Waals surface area contributed by atoms with Gasteiger partial charge >= 0.3 is 12.1 Å². The summed E-state index contributed by atoms with van der Waals surface area (Å²) >= 11 is 0. The van der Waals surface area contributed by atoms with Gasteiger partial charge in [0.25, 0.3) is 0 Å². The highest BCUT2D eigenvalue weighted by molar-refractivity contribution is 5.80. The second-order valence-electron chi connectivity index (χ2n) is 6.04. The van der Waals surface area contributed by atoms with E-state index in [2.05, 4.69) is 5.32 Å². The Labute approximate surface area is 107 Å². The van der Waals surface area contributed by atoms with E-state index in [4.69, 9.17) is 14.6 Å². The van der Waals surface area contributed by atoms with Crippen molar-refractivity contribution in [3.05, 3.63) is 0 Å². The van der Waals surface area contributed by atoms with E-state index in [-0.39, 0.29) is 5.41 Å². The summed E-state index contributed by atoms with van der Waals surface area (Å²) < 4.78 is 10.1. The number of aliphatic carboxylic acids is 1. The molecule has 0 aromatic heterocycles. The summed E-state index contributed by atoms with van der Waals surface area (Å²) in [5, 5.41) is 11.5. The zero-order valence-electron chi connectivity index (χ0n) is 11.3. The molecule has 6 heteroatoms. The zero-order valence-corrected chi connectivity index (χ0v) is 11.3. The molecule has 0 radical (unpaired) electrons. The Morgan fingerprint density at radius 2 is 2.00 bits per heavy atom. The molecule has 0 bridgehead atoms. The largest absolute Gasteiger partial charge is 0.480 e. The molecule has 1 amide bonds. The van der Waals surface area contributed by atoms with Gasteiger partial charge in [-0.1, -0.05) is 6.92 Å². The van der Waals surface area contributed by atoms with Crippen LogP contribution in [0.3, 0.4) is 0 Å². The molecule has 104 valence electrons. The molecular weight excluding hydrogens is 238 g/mol. The van der Waals surface area contributed by atoms with E-state index in [0.29, 0.717) is 19.6 Å². The van der Waals surface area contributed by atoms with Crippen molar-refractivity contribution < 1.29 is 24.2 Å². The minimum atomic E-state index is -1.06. The summed E-state index contributed by atoms with van der Waals surface area (Å²) in [4.78, 5) is 22.6. The molecule has 1 aliphatic heterocycles. The number of carboxylic acid groups (broad SMARTS) is 1. The molecule has 0 aliphatic carbocycles. The minimum absolute atomic E-state index is 0.182. The van der Waals surface area contributed by atoms with Crippen LogP contribution in [0.15, 0.2) is 0 Å². The van der Waals surface area contributed by atoms with Crippen molar-refractivity contribution in [1.29, 1.82) is 0 Å². The number of ether oxygens (including phenoxy) is 2. The highest BCUT2D eigenvalue weighted by Crippen LogP contribution is 2.31. The molecule has 1 aliphatic rings. The maximum absolute atomic E-state index is 11.5. The normalized spacial score (nSPS) is 19.6. The first kappa shape index (κ1) is 14.8. The van der Waals surface area contributed by atoms with Crippen molar-refractivity contribution in [2.45, 2.75) is 45.8 Å². The van der Waals surface area contributed by atoms with Gasteiger partial charge < -0.3 is 19.9 Å². The van der Waals surface area contributed by atoms with Crippen LogP contribution in [0.2, 0.25) is 0 Å². The summed E-state index contributed by atoms with van der Waals surface area (Å²) in [5.41, 5.74) is -0.825. The van der Waals surface area contributed by atoms with Crippen LogP contribution >= 0.6 is 0 Å². The summed E-state index contributed by atoms with van der Waals surface area (Å²) in [6.07, 6.45) is -0.375. The van der Waals surface area contributed by atoms with E-state index < -0.39 is 23.7 Å². The third kappa shape index (κ3) is 4.52. The standard InChI is InChI=1S/C12H21NO5/c1-11(2,3)18-10(16)13-8(9(14)15)5-12(4)6-17-7-12/h8H,5-7H2,1-4H3,(H,13,16)(H,14,15). The van der Waals surface area contributed by atoms with E-state index in [1.165, 1.54) is 0 Å². The van der Waals surface area contributed by atoms with Gasteiger partial charge in [0, 0.05) is 5.41 Å². The van der Waals surface area contributed by atoms with Crippen molar-refractivity contribution in [2.24, 2.45) is 5.41 Å². The van der Waals surface area contributed by atoms with Crippen LogP contribution in [0.5, 0.6) is 0 Å². The number of nitrogens with one attached hydrogen (secondary N) is 1. The molecule has 1 atom stereocenters. The van der Waals surface area contributed by atoms with Gasteiger partial charge in [-0.25, -0.2) is 9.59 Å². The lowest BCUT2D eigenvalue weighted by Crippen LogP contribution is -2.50. The van der Waals surface area contributed by atoms with Crippen molar-refractivity contribution in [3.63, 3.8) is 0 Å². The maximum atomic E-state index is 11.5. The topological polar surface area (TPSA) is 84.9 Å². The van der Waals surface area contributed by atoms with Gasteiger partial charge in [0.15, 0.2) is 0 Å². The van der Waals surface area contributed by atoms with Crippen molar-refractivity contribution >= 4 is 12.1 Å². The second-order valence-corrected chi connectivity index (χ2v) is 6.04. The van der Waals surface area contributed by atoms with Crippen molar-refractivity contribution in [2.75, 3.05) is 13.2 Å². The number of alkyl carbamates (subject to hydrolysis) is 1. The average molecular weight is 259 g/mol. The first-order valence-corrected chi connectivity index (χ1v) is 5.91. The Kier molecular flexibility index (Phi) is 4.21. The Bertz CT molecular complexity index is 330. The molecule has 1 unspecified atom stereocenters. The molecular formula is C12H21NO5. The molecule has 1 fully saturated rings. The van der Waals surface area contributed by atoms with Gasteiger partial charge in [-0.15, -0.1) is 0 Å². The smallest absolute Gasteiger partial charge is 0.408 e. The van der Waals surface area contributed by atoms with Crippen LogP contribution in [0.4, 0.5) is 4.79 Å². The molecule has 18 heavy (non-hydrogen) atoms. The van der Waals surface area contributed by atoms with Gasteiger partial charge in [-0.2, -0.15) is 0 Å². The van der Waals surface area contributed by atoms with Gasteiger partial charge in [0.1, 0.15) is 11.6 Å². The van der Waals surface area contributed by atoms with E-state index in [0.717, 1.165) is 0 Å². The highest BCUT2D eigenvalue weighted by Gasteiger charge is 2.38. The van der Waals surface area contributed by atoms with Gasteiger partial charge in [-0.3, -0.25) is 0 Å². The Morgan fingerprint density at radius 1 is 1.44 bits per heavy atom. The van der Waals surface area contributed by atoms with E-state index >= 15 is 0 Å². The fraction of sp³-hybridized carbons (Fsp3) is 0.833. The van der Waals surface area contributed by atoms with Crippen LogP contribution in [0, 0.1) is 5.41 Å². The van der Waals surface area contributed by atoms with Crippen LogP contribution in [0.25, 0.3) is 0 Å². The lowest BCUT2D eigenvalue weighted by atomic mass is 9.82. The summed E-state index contributed by atoms with van der Waals surface area (Å²) in [7, 11) is 0. The fourth-order valence-electron chi connectivity index (χ4n) is 1.71. The predicted molar refractivity (Wildman–Crippen MR) is 64.3 cm³/mol. The van der Waals surface area contributed by atoms with Gasteiger partial charge in [-0.05, 0) is 27.2 Å². The molecule has 2 N–H and O–H groups in total. The van der Waals surface area contributed by atoms with Gasteiger partial charge in [0.2, 0.25) is 0 Å². The molecule has 0 aromatic carbocycles. The summed E-state index contributed by atoms with van der Waals surface area (Å²) in [5.74, 6) is -1.06. The molecule has 0 aromatic rings. The number of carbonyl (C=O) groups excluding carboxylic acids is 1. The van der Waals surface area contributed by atoms with E-state index in [9.17, 15) is 9.59 Å². The van der Waals surface area contributed by atoms with Crippen LogP contribution in [0.1, 0.15) is 34.1 Å². The van der Waals surface area contributed by atoms with Crippen LogP contribution in [-0.2, 0) is 14.3 Å². The number of hydrogen-bond acceptors (Lipinski definition) is 4. The predicted octanol–water partition coefficient (Wildman–Crippen LogP) is 1.39. The van der Waals surface area contributed by atoms with Crippen molar-refractivity contribution in [3.8, 4) is 0 Å². The number of rotatable bonds is 4. The third-order valence-corrected chi connectivity index (χ3v) is 2.59. The molecule has 1 rings (SSSR count). The molecule has 0 saturated carbocycles. The number of amides is 1. The lowest BCUT2D eigenvalue weighted by molar-refractivity contribution is -0.146. The van der Waals surface area contributed by atoms with E-state index in [1.807, 2.05) is 6.92 Å². The minimum Gasteiger partial charge on any atom is -0.480 e. The average Bonchev–Trinajstić information content (AvgIpc) is 2.10. The first-order chi connectivity index (χ1) is 8.11. The monoisotopic (exact) mass is 259 g/mol. The summed E-state index contributed by atoms with van der Waals surface area (Å²) in [6, 6.07) is -0.950. The lowest BCUT2D eigenvalue weighted by Gasteiger charge is -2.39. The summed E-state index contributed by atoms with van der Waals surface area (Å²) in [6.45, 7) is 8.15. The second kappa shape index (κ2) is 5.14. The molecule has 1 saturated heterocycles. The first-order valence-electron chi connectivity index (χ1n) is 5.91. The zero-order chi connectivity index (χ0) is 14.0. The number of hydrogen-bond donors (Lipinski definition) is 2. The molecule has 1 heterocycles. The molecule has 0 spiro atoms. The van der Waals surface area contributed by atoms with Crippen LogP contribution < -0.4 is 5.32 Å². The Hall–Kier alpha value is -1.30. The van der Waals surface area contributed by atoms with Gasteiger partial charge in [0.05, 0.1) is 13.2 Å². The quantitative estimate of drug-likeness (QED) is 0.797. The fourth-order valence-corrected chi connectivity index (χ4v) is 1.71. The van der Waals surface area contributed by atoms with Crippen LogP contribution in [-0.4, -0.2) is 42.0 Å².